The second kappa shape index (κ2) is 37.6. The van der Waals surface area contributed by atoms with Crippen LogP contribution in [0.15, 0.2) is 0 Å². The number of halogens is 2. The van der Waals surface area contributed by atoms with Gasteiger partial charge in [0.25, 0.3) is 0 Å². The minimum absolute atomic E-state index is 0. The maximum Gasteiger partial charge on any atom is 0.408 e. The Morgan fingerprint density at radius 3 is 1.36 bits per heavy atom. The maximum absolute atomic E-state index is 11.8. The molecule has 29 heteroatoms. The van der Waals surface area contributed by atoms with Crippen LogP contribution < -0.4 is 44.2 Å². The summed E-state index contributed by atoms with van der Waals surface area (Å²) < 4.78 is 15.1. The monoisotopic (exact) mass is 1150 g/mol. The van der Waals surface area contributed by atoms with Gasteiger partial charge in [-0.2, -0.15) is 9.97 Å². The summed E-state index contributed by atoms with van der Waals surface area (Å²) in [5.74, 6) is 8.82. The molecule has 0 aliphatic heterocycles. The number of amides is 4. The molecule has 4 amide bonds. The predicted molar refractivity (Wildman–Crippen MR) is 286 cm³/mol. The molecule has 0 aliphatic rings. The first-order valence-corrected chi connectivity index (χ1v) is 22.1. The molecule has 2 heterocycles. The lowest BCUT2D eigenvalue weighted by Crippen LogP contribution is -2.48. The van der Waals surface area contributed by atoms with Crippen LogP contribution in [0.25, 0.3) is 0 Å². The molecule has 392 valence electrons. The summed E-state index contributed by atoms with van der Waals surface area (Å²) in [5, 5.41) is 44.7. The predicted octanol–water partition coefficient (Wildman–Crippen LogP) is 3.97. The van der Waals surface area contributed by atoms with E-state index in [2.05, 4.69) is 75.3 Å². The first kappa shape index (κ1) is 72.7. The van der Waals surface area contributed by atoms with Crippen molar-refractivity contribution in [2.75, 3.05) is 24.0 Å². The van der Waals surface area contributed by atoms with Gasteiger partial charge in [0.05, 0.1) is 6.04 Å². The number of H-pyrrole nitrogens is 2. The van der Waals surface area contributed by atoms with Gasteiger partial charge in [0, 0.05) is 25.7 Å². The third-order valence-electron chi connectivity index (χ3n) is 6.37. The molecule has 0 fully saturated rings. The molecule has 0 spiro atoms. The number of amidine groups is 2. The van der Waals surface area contributed by atoms with Crippen molar-refractivity contribution >= 4 is 112 Å². The Hall–Kier alpha value is -6.31. The number of anilines is 2. The second-order valence-electron chi connectivity index (χ2n) is 15.9. The number of aromatic nitrogens is 6. The fourth-order valence-electron chi connectivity index (χ4n) is 3.70. The van der Waals surface area contributed by atoms with Crippen LogP contribution in [-0.4, -0.2) is 117 Å². The van der Waals surface area contributed by atoms with Gasteiger partial charge >= 0.3 is 24.2 Å². The van der Waals surface area contributed by atoms with Crippen LogP contribution in [0.1, 0.15) is 112 Å². The number of hydrogen-bond donors (Lipinski definition) is 13. The van der Waals surface area contributed by atoms with Gasteiger partial charge in [-0.3, -0.25) is 25.8 Å². The van der Waals surface area contributed by atoms with Gasteiger partial charge in [-0.15, -0.1) is 96.0 Å². The van der Waals surface area contributed by atoms with Crippen molar-refractivity contribution in [3.8, 4) is 49.4 Å². The topological polar surface area (TPSA) is 416 Å². The number of carbonyl (C=O) groups excluding carboxylic acids is 4. The van der Waals surface area contributed by atoms with Gasteiger partial charge in [-0.05, 0) is 74.8 Å². The highest BCUT2D eigenvalue weighted by molar-refractivity contribution is 14.0. The Kier molecular flexibility index (Phi) is 39.0. The maximum atomic E-state index is 11.8. The molecule has 17 N–H and O–H groups in total. The number of rotatable bonds is 11. The number of carboxylic acid groups (broad SMARTS) is 1. The van der Waals surface area contributed by atoms with E-state index in [0.717, 1.165) is 11.8 Å². The summed E-state index contributed by atoms with van der Waals surface area (Å²) in [4.78, 5) is 64.5. The van der Waals surface area contributed by atoms with Crippen molar-refractivity contribution in [1.82, 2.24) is 51.6 Å². The Balaban J connectivity index is -0.000000260. The van der Waals surface area contributed by atoms with E-state index in [1.54, 1.807) is 74.8 Å². The largest absolute Gasteiger partial charge is 0.480 e. The number of terminal acetylenes is 4. The van der Waals surface area contributed by atoms with Crippen molar-refractivity contribution in [1.29, 1.82) is 10.8 Å². The normalized spacial score (nSPS) is 11.6. The van der Waals surface area contributed by atoms with E-state index in [-0.39, 0.29) is 83.9 Å². The number of nitrogen functional groups attached to an aromatic ring is 2. The highest BCUT2D eigenvalue weighted by atomic mass is 127. The average Bonchev–Trinajstić information content (AvgIpc) is 3.84. The minimum atomic E-state index is -1.18. The number of alkyl carbamates (subject to hydrolysis) is 3. The number of carbonyl (C=O) groups is 5. The summed E-state index contributed by atoms with van der Waals surface area (Å²) in [7, 11) is 0. The number of carboxylic acids is 1. The molecule has 2 aromatic rings. The van der Waals surface area contributed by atoms with Gasteiger partial charge in [-0.1, -0.05) is 23.5 Å². The molecule has 0 radical (unpaired) electrons. The van der Waals surface area contributed by atoms with E-state index in [9.17, 15) is 24.0 Å². The molecule has 70 heavy (non-hydrogen) atoms. The lowest BCUT2D eigenvalue weighted by Gasteiger charge is -2.22. The molecule has 0 saturated heterocycles. The van der Waals surface area contributed by atoms with Gasteiger partial charge in [-0.25, -0.2) is 19.2 Å². The first-order chi connectivity index (χ1) is 31.3. The summed E-state index contributed by atoms with van der Waals surface area (Å²) in [6, 6.07) is -2.84. The van der Waals surface area contributed by atoms with E-state index in [4.69, 9.17) is 78.8 Å². The van der Waals surface area contributed by atoms with E-state index in [0.29, 0.717) is 18.1 Å². The average molecular weight is 1160 g/mol. The molecule has 0 unspecified atom stereocenters. The summed E-state index contributed by atoms with van der Waals surface area (Å²) in [6.45, 7) is 15.5. The molecule has 25 nitrogen and oxygen atoms in total. The third kappa shape index (κ3) is 40.7. The Morgan fingerprint density at radius 1 is 0.686 bits per heavy atom. The zero-order chi connectivity index (χ0) is 53.4. The fraction of sp³-hybridized carbons (Fsp3) is 0.537. The third-order valence-corrected chi connectivity index (χ3v) is 7.32. The van der Waals surface area contributed by atoms with Gasteiger partial charge < -0.3 is 63.5 Å². The minimum Gasteiger partial charge on any atom is -0.480 e. The SMILES string of the molecule is C#CC[C@H](N)c1nc(N)n[nH]1.C#CC[C@H](NC(=O)OC(C)(C)C)C(=O)NC(=N)SC.C#CC[C@H](NC(=O)OC(C)(C)C)C(=O)O.C#CC[C@H](NC(=O)OC(C)(C)C)c1nc(N)n[nH]1.CSC(=N)N.Cl.I. The number of hydrogen-bond acceptors (Lipinski definition) is 19. The summed E-state index contributed by atoms with van der Waals surface area (Å²) in [6.07, 6.45) is 22.4. The van der Waals surface area contributed by atoms with Crippen LogP contribution in [0, 0.1) is 60.2 Å². The van der Waals surface area contributed by atoms with E-state index < -0.39 is 65.1 Å². The van der Waals surface area contributed by atoms with Crippen LogP contribution in [0.2, 0.25) is 0 Å². The number of ether oxygens (including phenoxy) is 3. The number of nitrogens with two attached hydrogens (primary N) is 4. The standard InChI is InChI=1S/C12H19N3O3S.C11H17N5O2.C10H15NO4.C6H9N5.C2H6N2S.ClH.HI/c1-6-7-8(9(16)15-10(13)19-5)14-11(17)18-12(2,3)4;1-5-6-7(8-14-9(12)16-15-8)13-10(17)18-11(2,3)4;1-5-6-7(8(12)13)11-9(14)15-10(2,3)4;1-2-3-4(7)5-9-6(8)11-10-5;1-5-2(3)4;;/h1,8H,7H2,2-5H3,(H,14,17)(H2,13,15,16);1,7H,6H2,2-4H3,(H,13,17)(H3,12,14,15,16);1,7H,6H2,2-4H3,(H,11,14)(H,12,13);1,4H,3,7H2,(H3,8,9,10,11);1H3,(H3,3,4);2*1H/t8-;2*7-;4-;;;/m0000.../s1. The van der Waals surface area contributed by atoms with Crippen molar-refractivity contribution in [2.24, 2.45) is 11.5 Å². The van der Waals surface area contributed by atoms with Crippen molar-refractivity contribution in [3.63, 3.8) is 0 Å². The number of aromatic amines is 2. The molecular formula is C41H68ClIN16O9S2. The fourth-order valence-corrected chi connectivity index (χ4v) is 3.90. The van der Waals surface area contributed by atoms with Crippen molar-refractivity contribution in [3.05, 3.63) is 11.6 Å². The zero-order valence-electron chi connectivity index (χ0n) is 40.9. The van der Waals surface area contributed by atoms with Crippen LogP contribution in [-0.2, 0) is 23.8 Å². The lowest BCUT2D eigenvalue weighted by molar-refractivity contribution is -0.139. The molecule has 2 rings (SSSR count). The second-order valence-corrected chi connectivity index (χ2v) is 17.6. The quantitative estimate of drug-likeness (QED) is 0.0497. The van der Waals surface area contributed by atoms with Crippen molar-refractivity contribution in [2.45, 2.75) is 129 Å². The lowest BCUT2D eigenvalue weighted by atomic mass is 10.2. The molecule has 0 aromatic carbocycles. The van der Waals surface area contributed by atoms with Crippen LogP contribution in [0.5, 0.6) is 0 Å². The molecule has 0 bridgehead atoms. The van der Waals surface area contributed by atoms with E-state index in [1.807, 2.05) is 0 Å². The van der Waals surface area contributed by atoms with Crippen LogP contribution in [0.3, 0.4) is 0 Å². The van der Waals surface area contributed by atoms with Gasteiger partial charge in [0.1, 0.15) is 46.6 Å². The van der Waals surface area contributed by atoms with Crippen LogP contribution in [0.4, 0.5) is 26.3 Å². The molecule has 0 saturated carbocycles. The molecule has 0 aliphatic carbocycles. The highest BCUT2D eigenvalue weighted by Crippen LogP contribution is 2.15. The van der Waals surface area contributed by atoms with Crippen molar-refractivity contribution < 1.29 is 43.3 Å². The highest BCUT2D eigenvalue weighted by Gasteiger charge is 2.26. The molecule has 2 aromatic heterocycles. The Bertz CT molecular complexity index is 2110. The number of nitrogens with one attached hydrogen (secondary N) is 8. The van der Waals surface area contributed by atoms with E-state index >= 15 is 0 Å². The number of thioether (sulfide) groups is 2. The Morgan fingerprint density at radius 2 is 1.04 bits per heavy atom. The van der Waals surface area contributed by atoms with Gasteiger partial charge in [0.15, 0.2) is 10.3 Å². The molecular weight excluding hydrogens is 1090 g/mol. The summed E-state index contributed by atoms with van der Waals surface area (Å²) >= 11 is 2.31. The molecule has 4 atom stereocenters. The number of aliphatic carboxylic acids is 1. The van der Waals surface area contributed by atoms with E-state index in [1.165, 1.54) is 11.8 Å². The first-order valence-electron chi connectivity index (χ1n) is 19.7. The zero-order valence-corrected chi connectivity index (χ0v) is 45.7. The van der Waals surface area contributed by atoms with Crippen LogP contribution >= 0.6 is 59.9 Å². The smallest absolute Gasteiger partial charge is 0.408 e. The summed E-state index contributed by atoms with van der Waals surface area (Å²) in [5.41, 5.74) is 19.2. The van der Waals surface area contributed by atoms with Gasteiger partial charge in [0.2, 0.25) is 17.8 Å². The number of nitrogens with zero attached hydrogens (tertiary/aromatic N) is 4. The Labute approximate surface area is 441 Å².